The van der Waals surface area contributed by atoms with Gasteiger partial charge in [0.1, 0.15) is 11.5 Å². The highest BCUT2D eigenvalue weighted by Gasteiger charge is 2.07. The molecule has 0 unspecified atom stereocenters. The molecule has 1 amide bonds. The van der Waals surface area contributed by atoms with E-state index in [1.54, 1.807) is 0 Å². The van der Waals surface area contributed by atoms with Gasteiger partial charge in [0, 0.05) is 23.9 Å². The highest BCUT2D eigenvalue weighted by Crippen LogP contribution is 2.23. The SMILES string of the molecule is Cc1ccc(CCC(=O)Nc2cccc3ccccc23)o1. The Bertz CT molecular complexity index is 768. The Labute approximate surface area is 123 Å². The topological polar surface area (TPSA) is 42.2 Å². The van der Waals surface area contributed by atoms with E-state index in [1.165, 1.54) is 0 Å². The second-order valence-electron chi connectivity index (χ2n) is 5.09. The minimum atomic E-state index is 0.000376. The van der Waals surface area contributed by atoms with E-state index in [0.29, 0.717) is 12.8 Å². The Morgan fingerprint density at radius 1 is 1.05 bits per heavy atom. The Balaban J connectivity index is 1.69. The molecule has 3 heteroatoms. The van der Waals surface area contributed by atoms with Gasteiger partial charge in [-0.25, -0.2) is 0 Å². The van der Waals surface area contributed by atoms with Crippen LogP contribution in [0.3, 0.4) is 0 Å². The minimum Gasteiger partial charge on any atom is -0.466 e. The van der Waals surface area contributed by atoms with E-state index >= 15 is 0 Å². The van der Waals surface area contributed by atoms with Crippen LogP contribution in [0.5, 0.6) is 0 Å². The van der Waals surface area contributed by atoms with Crippen LogP contribution < -0.4 is 5.32 Å². The van der Waals surface area contributed by atoms with E-state index in [9.17, 15) is 4.79 Å². The van der Waals surface area contributed by atoms with Gasteiger partial charge in [0.05, 0.1) is 0 Å². The Morgan fingerprint density at radius 2 is 1.86 bits per heavy atom. The van der Waals surface area contributed by atoms with Gasteiger partial charge in [-0.3, -0.25) is 4.79 Å². The first-order valence-corrected chi connectivity index (χ1v) is 7.05. The van der Waals surface area contributed by atoms with Crippen molar-refractivity contribution < 1.29 is 9.21 Å². The van der Waals surface area contributed by atoms with Gasteiger partial charge in [0.2, 0.25) is 5.91 Å². The maximum absolute atomic E-state index is 12.1. The maximum Gasteiger partial charge on any atom is 0.224 e. The van der Waals surface area contributed by atoms with Crippen LogP contribution in [0.2, 0.25) is 0 Å². The molecule has 1 N–H and O–H groups in total. The molecule has 0 bridgehead atoms. The van der Waals surface area contributed by atoms with Crippen LogP contribution >= 0.6 is 0 Å². The van der Waals surface area contributed by atoms with Gasteiger partial charge in [-0.1, -0.05) is 36.4 Å². The smallest absolute Gasteiger partial charge is 0.224 e. The Hall–Kier alpha value is -2.55. The van der Waals surface area contributed by atoms with E-state index in [-0.39, 0.29) is 5.91 Å². The summed E-state index contributed by atoms with van der Waals surface area (Å²) >= 11 is 0. The number of anilines is 1. The number of fused-ring (bicyclic) bond motifs is 1. The number of nitrogens with one attached hydrogen (secondary N) is 1. The van der Waals surface area contributed by atoms with Crippen LogP contribution in [0.25, 0.3) is 10.8 Å². The fourth-order valence-electron chi connectivity index (χ4n) is 2.40. The summed E-state index contributed by atoms with van der Waals surface area (Å²) in [5.41, 5.74) is 0.855. The average molecular weight is 279 g/mol. The van der Waals surface area contributed by atoms with E-state index < -0.39 is 0 Å². The highest BCUT2D eigenvalue weighted by molar-refractivity contribution is 6.02. The molecule has 0 aliphatic carbocycles. The first-order valence-electron chi connectivity index (χ1n) is 7.05. The minimum absolute atomic E-state index is 0.000376. The molecule has 0 aliphatic heterocycles. The van der Waals surface area contributed by atoms with Crippen LogP contribution in [0, 0.1) is 6.92 Å². The van der Waals surface area contributed by atoms with Gasteiger partial charge >= 0.3 is 0 Å². The monoisotopic (exact) mass is 279 g/mol. The number of furan rings is 1. The normalized spacial score (nSPS) is 10.7. The fraction of sp³-hybridized carbons (Fsp3) is 0.167. The van der Waals surface area contributed by atoms with Crippen molar-refractivity contribution in [3.8, 4) is 0 Å². The summed E-state index contributed by atoms with van der Waals surface area (Å²) in [6.07, 6.45) is 1.03. The average Bonchev–Trinajstić information content (AvgIpc) is 2.91. The first kappa shape index (κ1) is 13.4. The number of rotatable bonds is 4. The van der Waals surface area contributed by atoms with E-state index in [0.717, 1.165) is 28.0 Å². The van der Waals surface area contributed by atoms with Gasteiger partial charge in [0.25, 0.3) is 0 Å². The van der Waals surface area contributed by atoms with Crippen LogP contribution in [0.4, 0.5) is 5.69 Å². The molecule has 0 atom stereocenters. The molecule has 0 saturated heterocycles. The Kier molecular flexibility index (Phi) is 3.73. The summed E-state index contributed by atoms with van der Waals surface area (Å²) in [7, 11) is 0. The molecule has 3 aromatic rings. The summed E-state index contributed by atoms with van der Waals surface area (Å²) < 4.78 is 5.47. The summed E-state index contributed by atoms with van der Waals surface area (Å²) in [6, 6.07) is 17.8. The summed E-state index contributed by atoms with van der Waals surface area (Å²) in [4.78, 5) is 12.1. The van der Waals surface area contributed by atoms with Crippen molar-refractivity contribution in [3.05, 3.63) is 66.1 Å². The third kappa shape index (κ3) is 3.14. The van der Waals surface area contributed by atoms with E-state index in [4.69, 9.17) is 4.42 Å². The lowest BCUT2D eigenvalue weighted by atomic mass is 10.1. The quantitative estimate of drug-likeness (QED) is 0.773. The molecule has 0 saturated carbocycles. The molecule has 0 radical (unpaired) electrons. The van der Waals surface area contributed by atoms with Crippen molar-refractivity contribution in [2.75, 3.05) is 5.32 Å². The second-order valence-corrected chi connectivity index (χ2v) is 5.09. The third-order valence-corrected chi connectivity index (χ3v) is 3.46. The highest BCUT2D eigenvalue weighted by atomic mass is 16.3. The number of carbonyl (C=O) groups excluding carboxylic acids is 1. The zero-order valence-electron chi connectivity index (χ0n) is 11.9. The number of aryl methyl sites for hydroxylation is 2. The van der Waals surface area contributed by atoms with Crippen molar-refractivity contribution in [1.29, 1.82) is 0 Å². The zero-order chi connectivity index (χ0) is 14.7. The van der Waals surface area contributed by atoms with Crippen LogP contribution in [0.15, 0.2) is 59.0 Å². The van der Waals surface area contributed by atoms with Crippen molar-refractivity contribution in [2.24, 2.45) is 0 Å². The fourth-order valence-corrected chi connectivity index (χ4v) is 2.40. The van der Waals surface area contributed by atoms with Crippen molar-refractivity contribution >= 4 is 22.4 Å². The number of carbonyl (C=O) groups is 1. The molecular weight excluding hydrogens is 262 g/mol. The van der Waals surface area contributed by atoms with Gasteiger partial charge in [-0.15, -0.1) is 0 Å². The molecule has 0 spiro atoms. The molecule has 0 fully saturated rings. The molecule has 1 aromatic heterocycles. The van der Waals surface area contributed by atoms with Crippen molar-refractivity contribution in [2.45, 2.75) is 19.8 Å². The molecule has 21 heavy (non-hydrogen) atoms. The zero-order valence-corrected chi connectivity index (χ0v) is 11.9. The van der Waals surface area contributed by atoms with Crippen molar-refractivity contribution in [1.82, 2.24) is 0 Å². The van der Waals surface area contributed by atoms with Crippen molar-refractivity contribution in [3.63, 3.8) is 0 Å². The molecule has 0 aliphatic rings. The number of benzene rings is 2. The number of hydrogen-bond donors (Lipinski definition) is 1. The largest absolute Gasteiger partial charge is 0.466 e. The molecular formula is C18H17NO2. The van der Waals surface area contributed by atoms with Crippen LogP contribution in [-0.2, 0) is 11.2 Å². The van der Waals surface area contributed by atoms with Crippen LogP contribution in [0.1, 0.15) is 17.9 Å². The predicted molar refractivity (Wildman–Crippen MR) is 84.3 cm³/mol. The van der Waals surface area contributed by atoms with Gasteiger partial charge < -0.3 is 9.73 Å². The summed E-state index contributed by atoms with van der Waals surface area (Å²) in [5.74, 6) is 1.72. The lowest BCUT2D eigenvalue weighted by molar-refractivity contribution is -0.116. The predicted octanol–water partition coefficient (Wildman–Crippen LogP) is 4.31. The summed E-state index contributed by atoms with van der Waals surface area (Å²) in [6.45, 7) is 1.90. The molecule has 1 heterocycles. The van der Waals surface area contributed by atoms with E-state index in [1.807, 2.05) is 61.5 Å². The lowest BCUT2D eigenvalue weighted by Gasteiger charge is -2.08. The number of amides is 1. The molecule has 106 valence electrons. The third-order valence-electron chi connectivity index (χ3n) is 3.46. The lowest BCUT2D eigenvalue weighted by Crippen LogP contribution is -2.12. The Morgan fingerprint density at radius 3 is 2.67 bits per heavy atom. The van der Waals surface area contributed by atoms with Crippen LogP contribution in [-0.4, -0.2) is 5.91 Å². The van der Waals surface area contributed by atoms with Gasteiger partial charge in [0.15, 0.2) is 0 Å². The first-order chi connectivity index (χ1) is 10.2. The maximum atomic E-state index is 12.1. The number of hydrogen-bond acceptors (Lipinski definition) is 2. The molecule has 3 nitrogen and oxygen atoms in total. The van der Waals surface area contributed by atoms with Gasteiger partial charge in [-0.2, -0.15) is 0 Å². The van der Waals surface area contributed by atoms with Gasteiger partial charge in [-0.05, 0) is 30.5 Å². The standard InChI is InChI=1S/C18H17NO2/c1-13-9-10-15(21-13)11-12-18(20)19-17-8-4-6-14-5-2-3-7-16(14)17/h2-10H,11-12H2,1H3,(H,19,20). The molecule has 3 rings (SSSR count). The van der Waals surface area contributed by atoms with E-state index in [2.05, 4.69) is 5.32 Å². The second kappa shape index (κ2) is 5.83. The molecule has 2 aromatic carbocycles. The summed E-state index contributed by atoms with van der Waals surface area (Å²) in [5, 5.41) is 5.16.